The molecule has 1 aliphatic carbocycles. The van der Waals surface area contributed by atoms with Gasteiger partial charge in [-0.1, -0.05) is 0 Å². The first kappa shape index (κ1) is 12.1. The largest absolute Gasteiger partial charge is 0.481 e. The maximum atomic E-state index is 11.5. The number of nitrogens with zero attached hydrogens (tertiary/aromatic N) is 2. The summed E-state index contributed by atoms with van der Waals surface area (Å²) in [6.45, 7) is 6.44. The molecule has 1 saturated carbocycles. The topological polar surface area (TPSA) is 75.4 Å². The molecule has 1 aliphatic rings. The molecular weight excluding hydrogens is 220 g/mol. The van der Waals surface area contributed by atoms with Gasteiger partial charge in [-0.2, -0.15) is 5.10 Å². The molecule has 5 heteroatoms. The molecule has 0 bridgehead atoms. The van der Waals surface area contributed by atoms with Crippen LogP contribution in [0.5, 0.6) is 0 Å². The molecule has 2 rings (SSSR count). The quantitative estimate of drug-likeness (QED) is 0.823. The van der Waals surface area contributed by atoms with Gasteiger partial charge in [0, 0.05) is 17.8 Å². The molecule has 0 radical (unpaired) electrons. The number of aromatic nitrogens is 2. The molecule has 0 amide bonds. The Labute approximate surface area is 100 Å². The van der Waals surface area contributed by atoms with Crippen molar-refractivity contribution in [3.05, 3.63) is 17.0 Å². The first-order chi connectivity index (χ1) is 7.92. The van der Waals surface area contributed by atoms with Crippen LogP contribution in [0, 0.1) is 13.8 Å². The van der Waals surface area contributed by atoms with Gasteiger partial charge >= 0.3 is 5.97 Å². The van der Waals surface area contributed by atoms with Crippen molar-refractivity contribution >= 4 is 5.97 Å². The van der Waals surface area contributed by atoms with E-state index in [2.05, 4.69) is 5.10 Å². The first-order valence-corrected chi connectivity index (χ1v) is 5.88. The standard InChI is InChI=1S/C12H18N2O3/c1-4-14-8(3)10(7(2)13-14)12(11(16)17)5-9(15)6-12/h9,15H,4-6H2,1-3H3,(H,16,17). The number of carbonyl (C=O) groups is 1. The normalized spacial score (nSPS) is 27.9. The van der Waals surface area contributed by atoms with Crippen LogP contribution >= 0.6 is 0 Å². The van der Waals surface area contributed by atoms with Gasteiger partial charge in [0.25, 0.3) is 0 Å². The smallest absolute Gasteiger partial charge is 0.314 e. The summed E-state index contributed by atoms with van der Waals surface area (Å²) in [5, 5.41) is 23.2. The number of carboxylic acid groups (broad SMARTS) is 1. The molecule has 0 aromatic carbocycles. The summed E-state index contributed by atoms with van der Waals surface area (Å²) in [6.07, 6.45) is 0.0774. The molecule has 1 heterocycles. The molecule has 0 aliphatic heterocycles. The third kappa shape index (κ3) is 1.57. The summed E-state index contributed by atoms with van der Waals surface area (Å²) in [6, 6.07) is 0. The molecule has 0 saturated heterocycles. The van der Waals surface area contributed by atoms with Crippen molar-refractivity contribution in [3.8, 4) is 0 Å². The Hall–Kier alpha value is -1.36. The van der Waals surface area contributed by atoms with Gasteiger partial charge in [-0.25, -0.2) is 0 Å². The van der Waals surface area contributed by atoms with Crippen LogP contribution in [0.15, 0.2) is 0 Å². The van der Waals surface area contributed by atoms with Crippen LogP contribution in [-0.2, 0) is 16.8 Å². The zero-order chi connectivity index (χ0) is 12.8. The minimum Gasteiger partial charge on any atom is -0.481 e. The second-order valence-corrected chi connectivity index (χ2v) is 4.81. The van der Waals surface area contributed by atoms with Crippen molar-refractivity contribution in [1.29, 1.82) is 0 Å². The van der Waals surface area contributed by atoms with Crippen LogP contribution in [0.2, 0.25) is 0 Å². The monoisotopic (exact) mass is 238 g/mol. The Balaban J connectivity index is 2.52. The highest BCUT2D eigenvalue weighted by molar-refractivity contribution is 5.83. The molecular formula is C12H18N2O3. The van der Waals surface area contributed by atoms with Crippen molar-refractivity contribution in [3.63, 3.8) is 0 Å². The highest BCUT2D eigenvalue weighted by Gasteiger charge is 2.53. The second kappa shape index (κ2) is 3.84. The molecule has 0 unspecified atom stereocenters. The van der Waals surface area contributed by atoms with Crippen LogP contribution in [0.4, 0.5) is 0 Å². The van der Waals surface area contributed by atoms with E-state index in [0.717, 1.165) is 23.5 Å². The number of aliphatic carboxylic acids is 1. The molecule has 94 valence electrons. The maximum Gasteiger partial charge on any atom is 0.314 e. The molecule has 1 aromatic rings. The lowest BCUT2D eigenvalue weighted by molar-refractivity contribution is -0.153. The van der Waals surface area contributed by atoms with E-state index in [1.54, 1.807) is 0 Å². The zero-order valence-corrected chi connectivity index (χ0v) is 10.4. The molecule has 5 nitrogen and oxygen atoms in total. The summed E-state index contributed by atoms with van der Waals surface area (Å²) in [5.74, 6) is -0.857. The summed E-state index contributed by atoms with van der Waals surface area (Å²) in [7, 11) is 0. The first-order valence-electron chi connectivity index (χ1n) is 5.88. The average Bonchev–Trinajstić information content (AvgIpc) is 2.49. The SMILES string of the molecule is CCn1nc(C)c(C2(C(=O)O)CC(O)C2)c1C. The molecule has 17 heavy (non-hydrogen) atoms. The molecule has 0 atom stereocenters. The van der Waals surface area contributed by atoms with Crippen molar-refractivity contribution in [1.82, 2.24) is 9.78 Å². The van der Waals surface area contributed by atoms with E-state index in [9.17, 15) is 15.0 Å². The second-order valence-electron chi connectivity index (χ2n) is 4.81. The van der Waals surface area contributed by atoms with E-state index in [0.29, 0.717) is 12.8 Å². The number of aliphatic hydroxyl groups excluding tert-OH is 1. The van der Waals surface area contributed by atoms with Crippen LogP contribution < -0.4 is 0 Å². The molecule has 1 fully saturated rings. The fraction of sp³-hybridized carbons (Fsp3) is 0.667. The van der Waals surface area contributed by atoms with E-state index < -0.39 is 17.5 Å². The van der Waals surface area contributed by atoms with Gasteiger partial charge in [0.2, 0.25) is 0 Å². The Kier molecular flexibility index (Phi) is 2.73. The van der Waals surface area contributed by atoms with Crippen LogP contribution in [0.1, 0.15) is 36.7 Å². The molecule has 2 N–H and O–H groups in total. The summed E-state index contributed by atoms with van der Waals surface area (Å²) in [4.78, 5) is 11.5. The number of hydrogen-bond acceptors (Lipinski definition) is 3. The average molecular weight is 238 g/mol. The summed E-state index contributed by atoms with van der Waals surface area (Å²) in [5.41, 5.74) is 1.52. The number of carboxylic acids is 1. The highest BCUT2D eigenvalue weighted by Crippen LogP contribution is 2.46. The minimum absolute atomic E-state index is 0.291. The van der Waals surface area contributed by atoms with Gasteiger partial charge < -0.3 is 10.2 Å². The van der Waals surface area contributed by atoms with Gasteiger partial charge in [-0.15, -0.1) is 0 Å². The van der Waals surface area contributed by atoms with Gasteiger partial charge in [0.15, 0.2) is 0 Å². The Morgan fingerprint density at radius 3 is 2.47 bits per heavy atom. The fourth-order valence-electron chi connectivity index (χ4n) is 2.93. The van der Waals surface area contributed by atoms with Crippen molar-refractivity contribution in [2.24, 2.45) is 0 Å². The van der Waals surface area contributed by atoms with Gasteiger partial charge in [-0.05, 0) is 33.6 Å². The maximum absolute atomic E-state index is 11.5. The van der Waals surface area contributed by atoms with E-state index in [-0.39, 0.29) is 0 Å². The van der Waals surface area contributed by atoms with Gasteiger partial charge in [0.1, 0.15) is 5.41 Å². The van der Waals surface area contributed by atoms with Crippen molar-refractivity contribution in [2.75, 3.05) is 0 Å². The van der Waals surface area contributed by atoms with E-state index in [4.69, 9.17) is 0 Å². The van der Waals surface area contributed by atoms with Gasteiger partial charge in [-0.3, -0.25) is 9.48 Å². The van der Waals surface area contributed by atoms with Crippen LogP contribution in [0.3, 0.4) is 0 Å². The van der Waals surface area contributed by atoms with Crippen molar-refractivity contribution < 1.29 is 15.0 Å². The van der Waals surface area contributed by atoms with Crippen LogP contribution in [0.25, 0.3) is 0 Å². The number of aliphatic hydroxyl groups is 1. The summed E-state index contributed by atoms with van der Waals surface area (Å²) >= 11 is 0. The lowest BCUT2D eigenvalue weighted by Gasteiger charge is -2.42. The predicted molar refractivity (Wildman–Crippen MR) is 61.9 cm³/mol. The molecule has 0 spiro atoms. The Bertz CT molecular complexity index is 459. The van der Waals surface area contributed by atoms with E-state index in [1.807, 2.05) is 25.5 Å². The van der Waals surface area contributed by atoms with Crippen LogP contribution in [-0.4, -0.2) is 32.1 Å². The number of aryl methyl sites for hydroxylation is 2. The summed E-state index contributed by atoms with van der Waals surface area (Å²) < 4.78 is 1.82. The zero-order valence-electron chi connectivity index (χ0n) is 10.4. The third-order valence-electron chi connectivity index (χ3n) is 3.74. The van der Waals surface area contributed by atoms with Gasteiger partial charge in [0.05, 0.1) is 11.8 Å². The highest BCUT2D eigenvalue weighted by atomic mass is 16.4. The minimum atomic E-state index is -0.930. The lowest BCUT2D eigenvalue weighted by atomic mass is 9.62. The molecule has 1 aromatic heterocycles. The number of rotatable bonds is 3. The number of hydrogen-bond donors (Lipinski definition) is 2. The predicted octanol–water partition coefficient (Wildman–Crippen LogP) is 0.997. The third-order valence-corrected chi connectivity index (χ3v) is 3.74. The van der Waals surface area contributed by atoms with E-state index in [1.165, 1.54) is 0 Å². The fourth-order valence-corrected chi connectivity index (χ4v) is 2.93. The lowest BCUT2D eigenvalue weighted by Crippen LogP contribution is -2.51. The Morgan fingerprint density at radius 1 is 1.53 bits per heavy atom. The van der Waals surface area contributed by atoms with E-state index >= 15 is 0 Å². The Morgan fingerprint density at radius 2 is 2.12 bits per heavy atom. The van der Waals surface area contributed by atoms with Crippen molar-refractivity contribution in [2.45, 2.75) is 51.7 Å².